The maximum Gasteiger partial charge on any atom is 0.236 e. The molecule has 0 saturated carbocycles. The summed E-state index contributed by atoms with van der Waals surface area (Å²) in [6.45, 7) is 3.78. The molecule has 0 radical (unpaired) electrons. The maximum absolute atomic E-state index is 11.7. The van der Waals surface area contributed by atoms with E-state index < -0.39 is 0 Å². The van der Waals surface area contributed by atoms with Crippen molar-refractivity contribution in [1.82, 2.24) is 9.97 Å². The van der Waals surface area contributed by atoms with Crippen molar-refractivity contribution < 1.29 is 4.79 Å². The summed E-state index contributed by atoms with van der Waals surface area (Å²) in [5, 5.41) is 5.83. The number of carbonyl (C=O) groups excluding carboxylic acids is 1. The number of nitrogens with zero attached hydrogens (tertiary/aromatic N) is 2. The largest absolute Gasteiger partial charge is 0.375 e. The first-order valence-electron chi connectivity index (χ1n) is 5.12. The van der Waals surface area contributed by atoms with Crippen molar-refractivity contribution in [3.63, 3.8) is 0 Å². The molecular formula is C10H12N4OS3. The second kappa shape index (κ2) is 5.68. The second-order valence-electron chi connectivity index (χ2n) is 3.56. The smallest absolute Gasteiger partial charge is 0.236 e. The van der Waals surface area contributed by atoms with Crippen molar-refractivity contribution in [3.05, 3.63) is 16.8 Å². The molecule has 2 rings (SSSR count). The van der Waals surface area contributed by atoms with Gasteiger partial charge in [-0.3, -0.25) is 4.79 Å². The molecule has 8 heteroatoms. The number of nitrogen functional groups attached to an aromatic ring is 1. The Morgan fingerprint density at radius 1 is 1.50 bits per heavy atom. The van der Waals surface area contributed by atoms with Crippen LogP contribution >= 0.6 is 34.4 Å². The van der Waals surface area contributed by atoms with Gasteiger partial charge in [-0.2, -0.15) is 0 Å². The molecule has 0 bridgehead atoms. The minimum Gasteiger partial charge on any atom is -0.375 e. The molecule has 0 fully saturated rings. The number of thioether (sulfide) groups is 1. The summed E-state index contributed by atoms with van der Waals surface area (Å²) in [6, 6.07) is 0. The fourth-order valence-electron chi connectivity index (χ4n) is 1.23. The van der Waals surface area contributed by atoms with E-state index in [-0.39, 0.29) is 5.91 Å². The first-order valence-corrected chi connectivity index (χ1v) is 7.80. The van der Waals surface area contributed by atoms with E-state index in [9.17, 15) is 4.79 Å². The lowest BCUT2D eigenvalue weighted by atomic mass is 10.6. The standard InChI is InChI=1S/C10H12N4OS3/c1-5-3-17-10(12-5)14-7(15)4-16-8-6(2)13-9(11)18-8/h3H,4H2,1-2H3,(H2,11,13)(H,12,14,15). The summed E-state index contributed by atoms with van der Waals surface area (Å²) in [4.78, 5) is 20.0. The van der Waals surface area contributed by atoms with Gasteiger partial charge in [0, 0.05) is 5.38 Å². The van der Waals surface area contributed by atoms with Gasteiger partial charge in [0.2, 0.25) is 5.91 Å². The van der Waals surface area contributed by atoms with Gasteiger partial charge in [-0.05, 0) is 13.8 Å². The summed E-state index contributed by atoms with van der Waals surface area (Å²) >= 11 is 4.27. The van der Waals surface area contributed by atoms with Crippen LogP contribution in [0.25, 0.3) is 0 Å². The van der Waals surface area contributed by atoms with E-state index in [1.54, 1.807) is 0 Å². The Kier molecular flexibility index (Phi) is 4.20. The molecule has 0 saturated heterocycles. The Morgan fingerprint density at radius 2 is 2.28 bits per heavy atom. The molecule has 0 aromatic carbocycles. The highest BCUT2D eigenvalue weighted by Crippen LogP contribution is 2.30. The fourth-order valence-corrected chi connectivity index (χ4v) is 3.76. The molecule has 1 amide bonds. The van der Waals surface area contributed by atoms with Crippen molar-refractivity contribution >= 4 is 50.6 Å². The topological polar surface area (TPSA) is 80.9 Å². The monoisotopic (exact) mass is 300 g/mol. The van der Waals surface area contributed by atoms with E-state index in [4.69, 9.17) is 5.73 Å². The number of hydrogen-bond donors (Lipinski definition) is 2. The van der Waals surface area contributed by atoms with Crippen LogP contribution in [0.15, 0.2) is 9.59 Å². The summed E-state index contributed by atoms with van der Waals surface area (Å²) in [7, 11) is 0. The van der Waals surface area contributed by atoms with Gasteiger partial charge in [-0.25, -0.2) is 9.97 Å². The van der Waals surface area contributed by atoms with E-state index in [2.05, 4.69) is 15.3 Å². The van der Waals surface area contributed by atoms with Crippen LogP contribution in [0.1, 0.15) is 11.4 Å². The molecule has 18 heavy (non-hydrogen) atoms. The lowest BCUT2D eigenvalue weighted by Gasteiger charge is -2.00. The van der Waals surface area contributed by atoms with Crippen molar-refractivity contribution in [3.8, 4) is 0 Å². The number of anilines is 2. The van der Waals surface area contributed by atoms with Gasteiger partial charge in [-0.15, -0.1) is 23.1 Å². The van der Waals surface area contributed by atoms with Crippen LogP contribution in [0.4, 0.5) is 10.3 Å². The third-order valence-corrected chi connectivity index (χ3v) is 5.19. The van der Waals surface area contributed by atoms with E-state index >= 15 is 0 Å². The van der Waals surface area contributed by atoms with Crippen molar-refractivity contribution in [2.24, 2.45) is 0 Å². The first-order chi connectivity index (χ1) is 8.54. The number of aryl methyl sites for hydroxylation is 2. The van der Waals surface area contributed by atoms with E-state index in [1.165, 1.54) is 34.4 Å². The number of nitrogens with two attached hydrogens (primary N) is 1. The molecule has 2 aromatic heterocycles. The number of thiazole rings is 2. The zero-order valence-electron chi connectivity index (χ0n) is 9.89. The van der Waals surface area contributed by atoms with Gasteiger partial charge in [-0.1, -0.05) is 11.3 Å². The normalized spacial score (nSPS) is 10.6. The van der Waals surface area contributed by atoms with Gasteiger partial charge in [0.15, 0.2) is 10.3 Å². The summed E-state index contributed by atoms with van der Waals surface area (Å²) < 4.78 is 0.984. The maximum atomic E-state index is 11.7. The number of amides is 1. The molecular weight excluding hydrogens is 288 g/mol. The van der Waals surface area contributed by atoms with Gasteiger partial charge in [0.05, 0.1) is 21.3 Å². The van der Waals surface area contributed by atoms with E-state index in [0.717, 1.165) is 15.6 Å². The van der Waals surface area contributed by atoms with Crippen molar-refractivity contribution in [2.45, 2.75) is 18.1 Å². The highest BCUT2D eigenvalue weighted by atomic mass is 32.2. The molecule has 2 aromatic rings. The number of hydrogen-bond acceptors (Lipinski definition) is 7. The molecule has 0 spiro atoms. The lowest BCUT2D eigenvalue weighted by Crippen LogP contribution is -2.13. The Bertz CT molecular complexity index is 563. The predicted molar refractivity (Wildman–Crippen MR) is 77.5 cm³/mol. The third-order valence-electron chi connectivity index (χ3n) is 1.97. The van der Waals surface area contributed by atoms with E-state index in [1.807, 2.05) is 19.2 Å². The highest BCUT2D eigenvalue weighted by molar-refractivity contribution is 8.01. The molecule has 2 heterocycles. The van der Waals surface area contributed by atoms with Gasteiger partial charge >= 0.3 is 0 Å². The van der Waals surface area contributed by atoms with Crippen LogP contribution in [0.5, 0.6) is 0 Å². The van der Waals surface area contributed by atoms with Gasteiger partial charge in [0.25, 0.3) is 0 Å². The molecule has 0 aliphatic rings. The summed E-state index contributed by atoms with van der Waals surface area (Å²) in [6.07, 6.45) is 0. The van der Waals surface area contributed by atoms with Crippen molar-refractivity contribution in [1.29, 1.82) is 0 Å². The van der Waals surface area contributed by atoms with Crippen molar-refractivity contribution in [2.75, 3.05) is 16.8 Å². The van der Waals surface area contributed by atoms with Crippen LogP contribution in [-0.2, 0) is 4.79 Å². The Labute approximate surface area is 117 Å². The predicted octanol–water partition coefficient (Wildman–Crippen LogP) is 2.53. The Morgan fingerprint density at radius 3 is 2.83 bits per heavy atom. The molecule has 96 valence electrons. The highest BCUT2D eigenvalue weighted by Gasteiger charge is 2.10. The molecule has 0 aliphatic carbocycles. The summed E-state index contributed by atoms with van der Waals surface area (Å²) in [5.74, 6) is 0.266. The molecule has 0 atom stereocenters. The SMILES string of the molecule is Cc1csc(NC(=O)CSc2sc(N)nc2C)n1. The quantitative estimate of drug-likeness (QED) is 0.848. The minimum absolute atomic E-state index is 0.0688. The number of rotatable bonds is 4. The fraction of sp³-hybridized carbons (Fsp3) is 0.300. The number of aromatic nitrogens is 2. The third kappa shape index (κ3) is 3.44. The number of nitrogens with one attached hydrogen (secondary N) is 1. The van der Waals surface area contributed by atoms with Gasteiger partial charge < -0.3 is 11.1 Å². The van der Waals surface area contributed by atoms with Gasteiger partial charge in [0.1, 0.15) is 0 Å². The molecule has 5 nitrogen and oxygen atoms in total. The van der Waals surface area contributed by atoms with E-state index in [0.29, 0.717) is 16.0 Å². The Hall–Kier alpha value is -1.12. The van der Waals surface area contributed by atoms with Crippen LogP contribution in [0.2, 0.25) is 0 Å². The average molecular weight is 300 g/mol. The van der Waals surface area contributed by atoms with Crippen LogP contribution < -0.4 is 11.1 Å². The second-order valence-corrected chi connectivity index (χ2v) is 6.69. The lowest BCUT2D eigenvalue weighted by molar-refractivity contribution is -0.113. The minimum atomic E-state index is -0.0688. The molecule has 3 N–H and O–H groups in total. The summed E-state index contributed by atoms with van der Waals surface area (Å²) in [5.41, 5.74) is 7.38. The van der Waals surface area contributed by atoms with Crippen LogP contribution in [0.3, 0.4) is 0 Å². The zero-order chi connectivity index (χ0) is 13.1. The number of carbonyl (C=O) groups is 1. The molecule has 0 unspecified atom stereocenters. The van der Waals surface area contributed by atoms with Crippen LogP contribution in [0, 0.1) is 13.8 Å². The Balaban J connectivity index is 1.87. The molecule has 0 aliphatic heterocycles. The average Bonchev–Trinajstić information content (AvgIpc) is 2.82. The zero-order valence-corrected chi connectivity index (χ0v) is 12.3. The first kappa shape index (κ1) is 13.3. The van der Waals surface area contributed by atoms with Crippen LogP contribution in [-0.4, -0.2) is 21.6 Å².